The van der Waals surface area contributed by atoms with E-state index in [-0.39, 0.29) is 0 Å². The molecular weight excluding hydrogens is 220 g/mol. The van der Waals surface area contributed by atoms with Gasteiger partial charge in [-0.1, -0.05) is 29.8 Å². The van der Waals surface area contributed by atoms with Gasteiger partial charge in [-0.05, 0) is 19.1 Å². The Morgan fingerprint density at radius 3 is 2.81 bits per heavy atom. The summed E-state index contributed by atoms with van der Waals surface area (Å²) >= 11 is 6.37. The maximum atomic E-state index is 6.37. The molecule has 0 saturated carbocycles. The quantitative estimate of drug-likeness (QED) is 0.539. The van der Waals surface area contributed by atoms with Gasteiger partial charge in [-0.2, -0.15) is 0 Å². The molecule has 3 heteroatoms. The molecule has 0 aromatic heterocycles. The molecule has 0 atom stereocenters. The lowest BCUT2D eigenvalue weighted by Gasteiger charge is -2.11. The summed E-state index contributed by atoms with van der Waals surface area (Å²) in [6, 6.07) is 10.2. The van der Waals surface area contributed by atoms with Crippen molar-refractivity contribution in [1.29, 1.82) is 0 Å². The van der Waals surface area contributed by atoms with Crippen LogP contribution in [0.4, 0.5) is 0 Å². The minimum atomic E-state index is 0.753. The molecule has 0 unspecified atom stereocenters. The second kappa shape index (κ2) is 3.22. The van der Waals surface area contributed by atoms with Crippen LogP contribution in [-0.4, -0.2) is 9.55 Å². The number of hydrogen-bond acceptors (Lipinski definition) is 1. The molecule has 0 N–H and O–H groups in total. The Labute approximate surface area is 98.8 Å². The lowest BCUT2D eigenvalue weighted by Crippen LogP contribution is -2.00. The van der Waals surface area contributed by atoms with Crippen molar-refractivity contribution in [1.82, 2.24) is 9.55 Å². The Bertz CT molecular complexity index is 655. The number of aromatic nitrogens is 2. The van der Waals surface area contributed by atoms with Gasteiger partial charge in [0.2, 0.25) is 0 Å². The van der Waals surface area contributed by atoms with Crippen molar-refractivity contribution in [2.75, 3.05) is 0 Å². The van der Waals surface area contributed by atoms with Crippen LogP contribution in [0.2, 0.25) is 5.15 Å². The zero-order chi connectivity index (χ0) is 11.3. The number of rotatable bonds is 0. The molecule has 16 heavy (non-hydrogen) atoms. The van der Waals surface area contributed by atoms with Gasteiger partial charge in [0.25, 0.3) is 0 Å². The molecule has 0 bridgehead atoms. The van der Waals surface area contributed by atoms with Gasteiger partial charge in [-0.25, -0.2) is 4.98 Å². The number of halogens is 1. The SMILES string of the molecule is Cc1cc2nc3ccccc3c-2c(Cl)n1C. The predicted octanol–water partition coefficient (Wildman–Crippen LogP) is 3.64. The minimum absolute atomic E-state index is 0.753. The summed E-state index contributed by atoms with van der Waals surface area (Å²) < 4.78 is 1.98. The predicted molar refractivity (Wildman–Crippen MR) is 67.1 cm³/mol. The third-order valence-corrected chi connectivity index (χ3v) is 3.49. The Balaban J connectivity index is 2.56. The molecule has 0 aliphatic carbocycles. The third kappa shape index (κ3) is 1.17. The van der Waals surface area contributed by atoms with Crippen molar-refractivity contribution >= 4 is 22.5 Å². The standard InChI is InChI=1S/C13H11ClN2/c1-8-7-11-12(13(14)16(8)2)9-5-3-4-6-10(9)15-11/h3-7H,1-2H3. The number of fused-ring (bicyclic) bond motifs is 3. The van der Waals surface area contributed by atoms with Crippen molar-refractivity contribution < 1.29 is 0 Å². The number of hydrogen-bond donors (Lipinski definition) is 0. The molecule has 0 spiro atoms. The molecule has 1 aromatic rings. The third-order valence-electron chi connectivity index (χ3n) is 3.05. The lowest BCUT2D eigenvalue weighted by molar-refractivity contribution is 0.859. The molecule has 0 amide bonds. The molecule has 0 saturated heterocycles. The smallest absolute Gasteiger partial charge is 0.118 e. The fourth-order valence-corrected chi connectivity index (χ4v) is 2.38. The van der Waals surface area contributed by atoms with Crippen molar-refractivity contribution in [2.24, 2.45) is 7.05 Å². The zero-order valence-electron chi connectivity index (χ0n) is 9.16. The first-order valence-electron chi connectivity index (χ1n) is 5.19. The molecular formula is C13H11ClN2. The van der Waals surface area contributed by atoms with E-state index >= 15 is 0 Å². The van der Waals surface area contributed by atoms with Gasteiger partial charge in [0, 0.05) is 23.7 Å². The number of para-hydroxylation sites is 1. The van der Waals surface area contributed by atoms with Gasteiger partial charge < -0.3 is 4.57 Å². The van der Waals surface area contributed by atoms with Crippen molar-refractivity contribution in [3.05, 3.63) is 41.2 Å². The van der Waals surface area contributed by atoms with Gasteiger partial charge in [0.15, 0.2) is 0 Å². The molecule has 3 rings (SSSR count). The molecule has 2 nitrogen and oxygen atoms in total. The number of nitrogens with zero attached hydrogens (tertiary/aromatic N) is 2. The van der Waals surface area contributed by atoms with Crippen molar-refractivity contribution in [3.8, 4) is 11.3 Å². The zero-order valence-corrected chi connectivity index (χ0v) is 9.92. The summed E-state index contributed by atoms with van der Waals surface area (Å²) in [6.07, 6.45) is 0. The van der Waals surface area contributed by atoms with Gasteiger partial charge in [0.1, 0.15) is 5.15 Å². The van der Waals surface area contributed by atoms with Crippen LogP contribution in [0.15, 0.2) is 30.3 Å². The fourth-order valence-electron chi connectivity index (χ4n) is 2.04. The minimum Gasteiger partial charge on any atom is -0.339 e. The topological polar surface area (TPSA) is 17.8 Å². The molecule has 0 radical (unpaired) electrons. The number of benzene rings is 1. The van der Waals surface area contributed by atoms with Crippen LogP contribution in [0.3, 0.4) is 0 Å². The van der Waals surface area contributed by atoms with Gasteiger partial charge in [0.05, 0.1) is 11.2 Å². The second-order valence-electron chi connectivity index (χ2n) is 4.02. The first-order chi connectivity index (χ1) is 7.68. The van der Waals surface area contributed by atoms with Gasteiger partial charge >= 0.3 is 0 Å². The first kappa shape index (κ1) is 9.67. The highest BCUT2D eigenvalue weighted by Gasteiger charge is 2.17. The normalized spacial score (nSPS) is 11.4. The Morgan fingerprint density at radius 1 is 1.25 bits per heavy atom. The van der Waals surface area contributed by atoms with E-state index in [4.69, 9.17) is 11.6 Å². The number of aryl methyl sites for hydroxylation is 1. The summed E-state index contributed by atoms with van der Waals surface area (Å²) in [6.45, 7) is 2.03. The monoisotopic (exact) mass is 230 g/mol. The van der Waals surface area contributed by atoms with E-state index in [1.807, 2.05) is 36.7 Å². The van der Waals surface area contributed by atoms with Gasteiger partial charge in [-0.15, -0.1) is 0 Å². The largest absolute Gasteiger partial charge is 0.339 e. The molecule has 2 aliphatic rings. The Kier molecular flexibility index (Phi) is 1.95. The summed E-state index contributed by atoms with van der Waals surface area (Å²) in [4.78, 5) is 4.58. The summed E-state index contributed by atoms with van der Waals surface area (Å²) in [5.74, 6) is 0. The van der Waals surface area contributed by atoms with Crippen LogP contribution in [-0.2, 0) is 7.05 Å². The van der Waals surface area contributed by atoms with E-state index in [1.165, 1.54) is 0 Å². The van der Waals surface area contributed by atoms with E-state index in [0.717, 1.165) is 33.0 Å². The van der Waals surface area contributed by atoms with Crippen LogP contribution < -0.4 is 0 Å². The molecule has 2 heterocycles. The molecule has 2 aliphatic heterocycles. The van der Waals surface area contributed by atoms with Gasteiger partial charge in [-0.3, -0.25) is 0 Å². The van der Waals surface area contributed by atoms with Crippen LogP contribution >= 0.6 is 11.6 Å². The van der Waals surface area contributed by atoms with E-state index in [9.17, 15) is 0 Å². The highest BCUT2D eigenvalue weighted by molar-refractivity contribution is 6.34. The van der Waals surface area contributed by atoms with Crippen LogP contribution in [0.1, 0.15) is 5.69 Å². The van der Waals surface area contributed by atoms with Crippen molar-refractivity contribution in [3.63, 3.8) is 0 Å². The fraction of sp³-hybridized carbons (Fsp3) is 0.154. The summed E-state index contributed by atoms with van der Waals surface area (Å²) in [5, 5.41) is 1.88. The second-order valence-corrected chi connectivity index (χ2v) is 4.38. The Hall–Kier alpha value is -1.54. The average Bonchev–Trinajstić information content (AvgIpc) is 2.64. The van der Waals surface area contributed by atoms with Crippen molar-refractivity contribution in [2.45, 2.75) is 6.92 Å². The van der Waals surface area contributed by atoms with Crippen LogP contribution in [0.25, 0.3) is 22.2 Å². The molecule has 0 fully saturated rings. The Morgan fingerprint density at radius 2 is 2.00 bits per heavy atom. The lowest BCUT2D eigenvalue weighted by atomic mass is 10.1. The number of pyridine rings is 1. The van der Waals surface area contributed by atoms with E-state index in [1.54, 1.807) is 0 Å². The van der Waals surface area contributed by atoms with E-state index in [0.29, 0.717) is 0 Å². The summed E-state index contributed by atoms with van der Waals surface area (Å²) in [7, 11) is 1.97. The van der Waals surface area contributed by atoms with Crippen LogP contribution in [0, 0.1) is 6.92 Å². The molecule has 80 valence electrons. The molecule has 1 aromatic carbocycles. The summed E-state index contributed by atoms with van der Waals surface area (Å²) in [5.41, 5.74) is 4.14. The highest BCUT2D eigenvalue weighted by atomic mass is 35.5. The average molecular weight is 231 g/mol. The highest BCUT2D eigenvalue weighted by Crippen LogP contribution is 2.37. The first-order valence-corrected chi connectivity index (χ1v) is 5.56. The maximum Gasteiger partial charge on any atom is 0.118 e. The van der Waals surface area contributed by atoms with E-state index < -0.39 is 0 Å². The van der Waals surface area contributed by atoms with Crippen LogP contribution in [0.5, 0.6) is 0 Å². The maximum absolute atomic E-state index is 6.37. The van der Waals surface area contributed by atoms with E-state index in [2.05, 4.69) is 17.1 Å².